The standard InChI is InChI=1S/C24H27F3N2O3S/c1-23(2,31)22(30)29-14-24(26,27)21(28-33(32)17-11-12-17)19(29)13-16-9-6-10-18(20(16)25)15-7-4-3-5-8-15/h3-10,17,19,21,28,31H,11-14H2,1-2H3/t19-,21+,33?/m0/s1. The van der Waals surface area contributed by atoms with Crippen LogP contribution < -0.4 is 4.72 Å². The monoisotopic (exact) mass is 480 g/mol. The molecule has 2 fully saturated rings. The molecule has 1 amide bonds. The molecule has 2 aromatic carbocycles. The molecular weight excluding hydrogens is 453 g/mol. The van der Waals surface area contributed by atoms with Gasteiger partial charge in [0.05, 0.1) is 12.6 Å². The molecule has 1 aliphatic heterocycles. The van der Waals surface area contributed by atoms with E-state index < -0.39 is 53.2 Å². The predicted molar refractivity (Wildman–Crippen MR) is 120 cm³/mol. The topological polar surface area (TPSA) is 75.6 Å². The number of amides is 1. The van der Waals surface area contributed by atoms with E-state index in [0.29, 0.717) is 24.0 Å². The molecule has 2 aliphatic rings. The molecule has 1 unspecified atom stereocenters. The Morgan fingerprint density at radius 2 is 1.88 bits per heavy atom. The van der Waals surface area contributed by atoms with Crippen LogP contribution in [0.1, 0.15) is 32.3 Å². The van der Waals surface area contributed by atoms with Crippen LogP contribution in [0.2, 0.25) is 0 Å². The highest BCUT2D eigenvalue weighted by Crippen LogP contribution is 2.38. The number of alkyl halides is 2. The average molecular weight is 481 g/mol. The normalized spacial score (nSPS) is 23.5. The van der Waals surface area contributed by atoms with Gasteiger partial charge in [0.25, 0.3) is 11.8 Å². The third-order valence-corrected chi connectivity index (χ3v) is 7.63. The zero-order valence-corrected chi connectivity index (χ0v) is 19.2. The number of halogens is 3. The van der Waals surface area contributed by atoms with Gasteiger partial charge in [0.1, 0.15) is 22.7 Å². The summed E-state index contributed by atoms with van der Waals surface area (Å²) in [5, 5.41) is 10.0. The van der Waals surface area contributed by atoms with Crippen molar-refractivity contribution in [1.29, 1.82) is 0 Å². The molecule has 0 bridgehead atoms. The third kappa shape index (κ3) is 5.06. The summed E-state index contributed by atoms with van der Waals surface area (Å²) < 4.78 is 60.6. The molecule has 2 aromatic rings. The van der Waals surface area contributed by atoms with Crippen molar-refractivity contribution in [3.05, 3.63) is 59.9 Å². The molecule has 0 spiro atoms. The van der Waals surface area contributed by atoms with Gasteiger partial charge in [0.15, 0.2) is 0 Å². The Bertz CT molecular complexity index is 1010. The summed E-state index contributed by atoms with van der Waals surface area (Å²) in [6.07, 6.45) is 1.15. The van der Waals surface area contributed by atoms with Crippen LogP contribution in [0.4, 0.5) is 13.2 Å². The number of hydrogen-bond acceptors (Lipinski definition) is 4. The second kappa shape index (κ2) is 8.94. The number of hydrogen-bond donors (Lipinski definition) is 2. The summed E-state index contributed by atoms with van der Waals surface area (Å²) in [5.41, 5.74) is -0.757. The molecule has 2 N–H and O–H groups in total. The molecular formula is C24H27F3N2O3S. The van der Waals surface area contributed by atoms with E-state index in [1.54, 1.807) is 36.4 Å². The first-order chi connectivity index (χ1) is 15.5. The number of carbonyl (C=O) groups is 1. The van der Waals surface area contributed by atoms with E-state index in [4.69, 9.17) is 0 Å². The lowest BCUT2D eigenvalue weighted by Gasteiger charge is -2.32. The minimum Gasteiger partial charge on any atom is -0.598 e. The van der Waals surface area contributed by atoms with Gasteiger partial charge in [-0.3, -0.25) is 4.79 Å². The Morgan fingerprint density at radius 1 is 1.21 bits per heavy atom. The quantitative estimate of drug-likeness (QED) is 0.596. The minimum atomic E-state index is -3.40. The molecule has 5 nitrogen and oxygen atoms in total. The second-order valence-electron chi connectivity index (χ2n) is 9.26. The van der Waals surface area contributed by atoms with Crippen molar-refractivity contribution < 1.29 is 27.6 Å². The van der Waals surface area contributed by atoms with Crippen molar-refractivity contribution in [3.63, 3.8) is 0 Å². The van der Waals surface area contributed by atoms with Gasteiger partial charge >= 0.3 is 0 Å². The lowest BCUT2D eigenvalue weighted by Crippen LogP contribution is -2.54. The fourth-order valence-electron chi connectivity index (χ4n) is 4.18. The molecule has 178 valence electrons. The molecule has 0 aromatic heterocycles. The van der Waals surface area contributed by atoms with E-state index in [9.17, 15) is 14.5 Å². The van der Waals surface area contributed by atoms with Gasteiger partial charge in [-0.15, -0.1) is 4.72 Å². The first-order valence-electron chi connectivity index (χ1n) is 10.9. The highest BCUT2D eigenvalue weighted by Gasteiger charge is 2.59. The van der Waals surface area contributed by atoms with E-state index >= 15 is 13.2 Å². The molecule has 1 saturated carbocycles. The van der Waals surface area contributed by atoms with Gasteiger partial charge in [0.2, 0.25) is 0 Å². The van der Waals surface area contributed by atoms with Gasteiger partial charge in [-0.1, -0.05) is 48.5 Å². The van der Waals surface area contributed by atoms with Gasteiger partial charge in [0, 0.05) is 29.8 Å². The average Bonchev–Trinajstić information content (AvgIpc) is 3.57. The van der Waals surface area contributed by atoms with E-state index in [0.717, 1.165) is 4.90 Å². The van der Waals surface area contributed by atoms with Crippen LogP contribution in [-0.4, -0.2) is 55.9 Å². The largest absolute Gasteiger partial charge is 0.598 e. The van der Waals surface area contributed by atoms with Gasteiger partial charge in [-0.25, -0.2) is 13.2 Å². The molecule has 9 heteroatoms. The Kier molecular flexibility index (Phi) is 6.52. The van der Waals surface area contributed by atoms with Crippen molar-refractivity contribution in [1.82, 2.24) is 9.62 Å². The van der Waals surface area contributed by atoms with Gasteiger partial charge in [-0.2, -0.15) is 0 Å². The zero-order valence-electron chi connectivity index (χ0n) is 18.4. The fourth-order valence-corrected chi connectivity index (χ4v) is 5.51. The molecule has 1 heterocycles. The molecule has 33 heavy (non-hydrogen) atoms. The third-order valence-electron chi connectivity index (χ3n) is 6.07. The maximum Gasteiger partial charge on any atom is 0.286 e. The Labute approximate surface area is 194 Å². The number of aliphatic hydroxyl groups is 1. The van der Waals surface area contributed by atoms with E-state index in [1.807, 2.05) is 6.07 Å². The summed E-state index contributed by atoms with van der Waals surface area (Å²) in [6.45, 7) is 1.51. The number of carbonyl (C=O) groups excluding carboxylic acids is 1. The Hall–Kier alpha value is -2.07. The van der Waals surface area contributed by atoms with Crippen LogP contribution in [0, 0.1) is 5.82 Å². The molecule has 4 rings (SSSR count). The van der Waals surface area contributed by atoms with Crippen LogP contribution in [0.15, 0.2) is 48.5 Å². The zero-order chi connectivity index (χ0) is 24.0. The molecule has 1 aliphatic carbocycles. The van der Waals surface area contributed by atoms with Crippen LogP contribution in [0.5, 0.6) is 0 Å². The highest BCUT2D eigenvalue weighted by molar-refractivity contribution is 7.90. The summed E-state index contributed by atoms with van der Waals surface area (Å²) in [6, 6.07) is 10.8. The van der Waals surface area contributed by atoms with E-state index in [1.165, 1.54) is 19.9 Å². The van der Waals surface area contributed by atoms with Crippen LogP contribution >= 0.6 is 0 Å². The number of nitrogens with zero attached hydrogens (tertiary/aromatic N) is 1. The highest BCUT2D eigenvalue weighted by atomic mass is 32.2. The van der Waals surface area contributed by atoms with E-state index in [-0.39, 0.29) is 17.2 Å². The first kappa shape index (κ1) is 24.1. The summed E-state index contributed by atoms with van der Waals surface area (Å²) in [5.74, 6) is -4.84. The van der Waals surface area contributed by atoms with Crippen molar-refractivity contribution in [2.45, 2.75) is 62.0 Å². The SMILES string of the molecule is CC(C)(O)C(=O)N1CC(F)(F)[C@H](N[S+]([O-])C2CC2)[C@@H]1Cc1cccc(-c2ccccc2)c1F. The summed E-state index contributed by atoms with van der Waals surface area (Å²) in [7, 11) is 0. The van der Waals surface area contributed by atoms with Crippen LogP contribution in [0.3, 0.4) is 0 Å². The molecule has 3 atom stereocenters. The van der Waals surface area contributed by atoms with Crippen molar-refractivity contribution >= 4 is 17.3 Å². The van der Waals surface area contributed by atoms with Crippen molar-refractivity contribution in [2.75, 3.05) is 6.54 Å². The van der Waals surface area contributed by atoms with Gasteiger partial charge < -0.3 is 14.6 Å². The van der Waals surface area contributed by atoms with E-state index in [2.05, 4.69) is 4.72 Å². The van der Waals surface area contributed by atoms with Crippen molar-refractivity contribution in [3.8, 4) is 11.1 Å². The first-order valence-corrected chi connectivity index (χ1v) is 12.1. The lowest BCUT2D eigenvalue weighted by molar-refractivity contribution is -0.149. The maximum atomic E-state index is 15.5. The molecule has 0 radical (unpaired) electrons. The molecule has 1 saturated heterocycles. The summed E-state index contributed by atoms with van der Waals surface area (Å²) >= 11 is -1.69. The van der Waals surface area contributed by atoms with Gasteiger partial charge in [-0.05, 0) is 31.4 Å². The van der Waals surface area contributed by atoms with Crippen LogP contribution in [0.25, 0.3) is 11.1 Å². The fraction of sp³-hybridized carbons (Fsp3) is 0.458. The Morgan fingerprint density at radius 3 is 2.48 bits per heavy atom. The number of benzene rings is 2. The van der Waals surface area contributed by atoms with Crippen molar-refractivity contribution in [2.24, 2.45) is 0 Å². The lowest BCUT2D eigenvalue weighted by atomic mass is 9.95. The maximum absolute atomic E-state index is 15.5. The predicted octanol–water partition coefficient (Wildman–Crippen LogP) is 3.44. The number of nitrogens with one attached hydrogen (secondary N) is 1. The summed E-state index contributed by atoms with van der Waals surface area (Å²) in [4.78, 5) is 13.8. The smallest absolute Gasteiger partial charge is 0.286 e. The second-order valence-corrected chi connectivity index (χ2v) is 10.8. The minimum absolute atomic E-state index is 0.164. The number of rotatable bonds is 7. The van der Waals surface area contributed by atoms with Crippen LogP contribution in [-0.2, 0) is 22.6 Å². The number of likely N-dealkylation sites (tertiary alicyclic amines) is 1. The Balaban J connectivity index is 1.70.